The highest BCUT2D eigenvalue weighted by Gasteiger charge is 2.63. The van der Waals surface area contributed by atoms with E-state index in [4.69, 9.17) is 4.74 Å². The molecule has 3 aliphatic rings. The molecule has 150 valence electrons. The Morgan fingerprint density at radius 1 is 0.966 bits per heavy atom. The Kier molecular flexibility index (Phi) is 4.24. The van der Waals surface area contributed by atoms with Crippen LogP contribution in [0.3, 0.4) is 0 Å². The zero-order chi connectivity index (χ0) is 20.1. The van der Waals surface area contributed by atoms with Gasteiger partial charge in [0.2, 0.25) is 0 Å². The van der Waals surface area contributed by atoms with Crippen LogP contribution in [0.25, 0.3) is 0 Å². The number of fused-ring (bicyclic) bond motifs is 1. The van der Waals surface area contributed by atoms with E-state index in [0.29, 0.717) is 31.5 Å². The van der Waals surface area contributed by atoms with Gasteiger partial charge in [0.15, 0.2) is 5.60 Å². The van der Waals surface area contributed by atoms with Crippen LogP contribution < -0.4 is 0 Å². The largest absolute Gasteiger partial charge is 0.339 e. The Labute approximate surface area is 171 Å². The number of likely N-dealkylation sites (tertiary alicyclic amines) is 1. The summed E-state index contributed by atoms with van der Waals surface area (Å²) in [6, 6.07) is 19.6. The van der Waals surface area contributed by atoms with Crippen molar-refractivity contribution in [2.75, 3.05) is 13.1 Å². The van der Waals surface area contributed by atoms with E-state index in [0.717, 1.165) is 12.8 Å². The van der Waals surface area contributed by atoms with E-state index in [-0.39, 0.29) is 17.9 Å². The summed E-state index contributed by atoms with van der Waals surface area (Å²) in [5.74, 6) is 0.123. The molecule has 5 heteroatoms. The molecule has 3 aliphatic heterocycles. The first-order valence-corrected chi connectivity index (χ1v) is 10.5. The number of ether oxygens (including phenoxy) is 1. The number of hydrogen-bond acceptors (Lipinski definition) is 3. The van der Waals surface area contributed by atoms with Gasteiger partial charge < -0.3 is 14.5 Å². The molecule has 3 fully saturated rings. The average molecular weight is 390 g/mol. The summed E-state index contributed by atoms with van der Waals surface area (Å²) in [6.45, 7) is 3.13. The van der Waals surface area contributed by atoms with E-state index in [9.17, 15) is 9.59 Å². The molecule has 0 unspecified atom stereocenters. The van der Waals surface area contributed by atoms with Crippen LogP contribution >= 0.6 is 0 Å². The highest BCUT2D eigenvalue weighted by atomic mass is 16.6. The number of carbonyl (C=O) groups is 2. The summed E-state index contributed by atoms with van der Waals surface area (Å²) in [7, 11) is 0. The molecule has 1 spiro atoms. The molecule has 2 atom stereocenters. The lowest BCUT2D eigenvalue weighted by Gasteiger charge is -2.38. The summed E-state index contributed by atoms with van der Waals surface area (Å²) < 4.78 is 6.54. The predicted octanol–water partition coefficient (Wildman–Crippen LogP) is 3.77. The topological polar surface area (TPSA) is 49.9 Å². The van der Waals surface area contributed by atoms with Gasteiger partial charge in [0, 0.05) is 31.5 Å². The molecule has 3 saturated heterocycles. The Morgan fingerprint density at radius 2 is 1.59 bits per heavy atom. The average Bonchev–Trinajstić information content (AvgIpc) is 3.20. The van der Waals surface area contributed by atoms with Gasteiger partial charge in [0.25, 0.3) is 11.8 Å². The van der Waals surface area contributed by atoms with Crippen LogP contribution in [0.4, 0.5) is 0 Å². The smallest absolute Gasteiger partial charge is 0.257 e. The number of benzene rings is 2. The molecule has 0 N–H and O–H groups in total. The van der Waals surface area contributed by atoms with Gasteiger partial charge in [0.05, 0.1) is 6.04 Å². The number of amides is 2. The normalized spacial score (nSPS) is 28.0. The van der Waals surface area contributed by atoms with Crippen molar-refractivity contribution >= 4 is 11.8 Å². The molecule has 5 rings (SSSR count). The lowest BCUT2D eigenvalue weighted by Crippen LogP contribution is -2.51. The van der Waals surface area contributed by atoms with E-state index in [1.165, 1.54) is 5.56 Å². The van der Waals surface area contributed by atoms with Crippen LogP contribution in [-0.2, 0) is 9.53 Å². The minimum absolute atomic E-state index is 0.0276. The van der Waals surface area contributed by atoms with Crippen LogP contribution in [0, 0.1) is 0 Å². The molecule has 2 aromatic carbocycles. The van der Waals surface area contributed by atoms with Gasteiger partial charge >= 0.3 is 0 Å². The number of hydrogen-bond donors (Lipinski definition) is 0. The molecule has 5 nitrogen and oxygen atoms in total. The van der Waals surface area contributed by atoms with E-state index >= 15 is 0 Å². The molecule has 2 amide bonds. The van der Waals surface area contributed by atoms with Gasteiger partial charge in [-0.2, -0.15) is 0 Å². The standard InChI is InChI=1S/C24H26N2O3/c1-23-13-12-20(18-8-4-2-5-9-18)26(23)22(28)24(29-23)14-16-25(17-15-24)21(27)19-10-6-3-7-11-19/h2-11,20H,12-17H2,1H3/t20-,23+/m0/s1. The molecule has 0 aliphatic carbocycles. The first kappa shape index (κ1) is 18.4. The monoisotopic (exact) mass is 390 g/mol. The molecular weight excluding hydrogens is 364 g/mol. The molecule has 29 heavy (non-hydrogen) atoms. The fourth-order valence-electron chi connectivity index (χ4n) is 5.27. The van der Waals surface area contributed by atoms with E-state index in [1.54, 1.807) is 0 Å². The maximum Gasteiger partial charge on any atom is 0.257 e. The quantitative estimate of drug-likeness (QED) is 0.784. The van der Waals surface area contributed by atoms with Crippen LogP contribution in [0.2, 0.25) is 0 Å². The number of piperidine rings is 1. The van der Waals surface area contributed by atoms with Gasteiger partial charge in [-0.3, -0.25) is 9.59 Å². The van der Waals surface area contributed by atoms with Crippen LogP contribution in [-0.4, -0.2) is 46.0 Å². The van der Waals surface area contributed by atoms with Crippen molar-refractivity contribution in [3.05, 3.63) is 71.8 Å². The fourth-order valence-corrected chi connectivity index (χ4v) is 5.27. The number of nitrogens with zero attached hydrogens (tertiary/aromatic N) is 2. The molecule has 2 aromatic rings. The van der Waals surface area contributed by atoms with Crippen molar-refractivity contribution < 1.29 is 14.3 Å². The molecule has 3 heterocycles. The Morgan fingerprint density at radius 3 is 2.24 bits per heavy atom. The molecule has 0 radical (unpaired) electrons. The second-order valence-corrected chi connectivity index (χ2v) is 8.57. The van der Waals surface area contributed by atoms with Crippen molar-refractivity contribution in [3.8, 4) is 0 Å². The third kappa shape index (κ3) is 2.87. The zero-order valence-electron chi connectivity index (χ0n) is 16.7. The van der Waals surface area contributed by atoms with Gasteiger partial charge in [0.1, 0.15) is 5.72 Å². The second-order valence-electron chi connectivity index (χ2n) is 8.57. The van der Waals surface area contributed by atoms with Gasteiger partial charge in [-0.1, -0.05) is 48.5 Å². The van der Waals surface area contributed by atoms with E-state index in [2.05, 4.69) is 12.1 Å². The number of carbonyl (C=O) groups excluding carboxylic acids is 2. The highest BCUT2D eigenvalue weighted by molar-refractivity contribution is 5.95. The number of rotatable bonds is 2. The Hall–Kier alpha value is -2.66. The van der Waals surface area contributed by atoms with E-state index < -0.39 is 11.3 Å². The first-order valence-electron chi connectivity index (χ1n) is 10.5. The maximum absolute atomic E-state index is 13.6. The lowest BCUT2D eigenvalue weighted by molar-refractivity contribution is -0.148. The minimum Gasteiger partial charge on any atom is -0.339 e. The van der Waals surface area contributed by atoms with Crippen molar-refractivity contribution in [3.63, 3.8) is 0 Å². The highest BCUT2D eigenvalue weighted by Crippen LogP contribution is 2.53. The van der Waals surface area contributed by atoms with E-state index in [1.807, 2.05) is 65.3 Å². The van der Waals surface area contributed by atoms with Crippen LogP contribution in [0.5, 0.6) is 0 Å². The summed E-state index contributed by atoms with van der Waals surface area (Å²) in [4.78, 5) is 30.2. The first-order chi connectivity index (χ1) is 14.0. The summed E-state index contributed by atoms with van der Waals surface area (Å²) >= 11 is 0. The van der Waals surface area contributed by atoms with Gasteiger partial charge in [-0.25, -0.2) is 0 Å². The lowest BCUT2D eigenvalue weighted by atomic mass is 9.89. The van der Waals surface area contributed by atoms with Crippen LogP contribution in [0.1, 0.15) is 54.6 Å². The van der Waals surface area contributed by atoms with Crippen LogP contribution in [0.15, 0.2) is 60.7 Å². The SMILES string of the molecule is C[C@@]12CC[C@@H](c3ccccc3)N1C(=O)C1(CCN(C(=O)c3ccccc3)CC1)O2. The molecule has 0 saturated carbocycles. The maximum atomic E-state index is 13.6. The summed E-state index contributed by atoms with van der Waals surface area (Å²) in [6.07, 6.45) is 2.86. The third-order valence-electron chi connectivity index (χ3n) is 6.79. The Balaban J connectivity index is 1.34. The molecule has 0 aromatic heterocycles. The fraction of sp³-hybridized carbons (Fsp3) is 0.417. The summed E-state index contributed by atoms with van der Waals surface area (Å²) in [5, 5.41) is 0. The van der Waals surface area contributed by atoms with Crippen molar-refractivity contribution in [1.29, 1.82) is 0 Å². The zero-order valence-corrected chi connectivity index (χ0v) is 16.7. The van der Waals surface area contributed by atoms with Crippen molar-refractivity contribution in [2.24, 2.45) is 0 Å². The summed E-state index contributed by atoms with van der Waals surface area (Å²) in [5.41, 5.74) is 0.513. The minimum atomic E-state index is -0.796. The second kappa shape index (κ2) is 6.70. The van der Waals surface area contributed by atoms with Gasteiger partial charge in [-0.05, 0) is 37.5 Å². The molecular formula is C24H26N2O3. The van der Waals surface area contributed by atoms with Crippen molar-refractivity contribution in [2.45, 2.75) is 50.0 Å². The predicted molar refractivity (Wildman–Crippen MR) is 109 cm³/mol. The van der Waals surface area contributed by atoms with Crippen molar-refractivity contribution in [1.82, 2.24) is 9.80 Å². The van der Waals surface area contributed by atoms with Gasteiger partial charge in [-0.15, -0.1) is 0 Å². The third-order valence-corrected chi connectivity index (χ3v) is 6.79. The molecule has 0 bridgehead atoms. The Bertz CT molecular complexity index is 922.